The molecule has 0 saturated carbocycles. The minimum Gasteiger partial charge on any atom is -0.480 e. The number of hydrogen-bond donors (Lipinski definition) is 0. The highest BCUT2D eigenvalue weighted by atomic mass is 19.1. The summed E-state index contributed by atoms with van der Waals surface area (Å²) in [6.45, 7) is 3.77. The fraction of sp³-hybridized carbons (Fsp3) is 0.562. The molecule has 20 heavy (non-hydrogen) atoms. The summed E-state index contributed by atoms with van der Waals surface area (Å²) in [7, 11) is 0. The second kappa shape index (κ2) is 8.67. The van der Waals surface area contributed by atoms with Crippen LogP contribution in [-0.4, -0.2) is 12.4 Å². The molecule has 0 amide bonds. The normalized spacial score (nSPS) is 12.2. The van der Waals surface area contributed by atoms with Crippen molar-refractivity contribution in [1.29, 1.82) is 0 Å². The van der Waals surface area contributed by atoms with Crippen molar-refractivity contribution in [3.63, 3.8) is 0 Å². The number of halogens is 2. The van der Waals surface area contributed by atoms with Crippen LogP contribution in [0, 0.1) is 17.6 Å². The highest BCUT2D eigenvalue weighted by Gasteiger charge is 2.18. The fourth-order valence-electron chi connectivity index (χ4n) is 2.12. The van der Waals surface area contributed by atoms with Gasteiger partial charge in [0.05, 0.1) is 0 Å². The average Bonchev–Trinajstić information content (AvgIpc) is 2.43. The molecule has 0 heterocycles. The highest BCUT2D eigenvalue weighted by molar-refractivity contribution is 5.82. The standard InChI is InChI=1S/C16H22F2O2/c1-3-5-6-8-12(4-2)15(19)11-20-16-13(17)9-7-10-14(16)18/h7,9-10,12H,3-6,8,11H2,1-2H3. The Bertz CT molecular complexity index is 412. The van der Waals surface area contributed by atoms with E-state index in [1.165, 1.54) is 6.07 Å². The van der Waals surface area contributed by atoms with Gasteiger partial charge in [0.25, 0.3) is 0 Å². The van der Waals surface area contributed by atoms with Crippen molar-refractivity contribution in [2.75, 3.05) is 6.61 Å². The monoisotopic (exact) mass is 284 g/mol. The molecule has 1 atom stereocenters. The van der Waals surface area contributed by atoms with E-state index in [1.54, 1.807) is 0 Å². The van der Waals surface area contributed by atoms with Gasteiger partial charge >= 0.3 is 0 Å². The van der Waals surface area contributed by atoms with Crippen LogP contribution in [0.4, 0.5) is 8.78 Å². The van der Waals surface area contributed by atoms with E-state index in [-0.39, 0.29) is 18.3 Å². The molecule has 0 radical (unpaired) electrons. The first-order chi connectivity index (χ1) is 9.60. The van der Waals surface area contributed by atoms with Crippen molar-refractivity contribution in [2.45, 2.75) is 46.0 Å². The van der Waals surface area contributed by atoms with Crippen molar-refractivity contribution in [2.24, 2.45) is 5.92 Å². The van der Waals surface area contributed by atoms with Crippen LogP contribution in [0.2, 0.25) is 0 Å². The Kier molecular flexibility index (Phi) is 7.20. The maximum absolute atomic E-state index is 13.4. The molecule has 1 aromatic carbocycles. The number of benzene rings is 1. The zero-order valence-corrected chi connectivity index (χ0v) is 12.1. The molecule has 1 rings (SSSR count). The lowest BCUT2D eigenvalue weighted by atomic mass is 9.94. The van der Waals surface area contributed by atoms with Gasteiger partial charge < -0.3 is 4.74 Å². The predicted octanol–water partition coefficient (Wildman–Crippen LogP) is 4.52. The summed E-state index contributed by atoms with van der Waals surface area (Å²) in [5.74, 6) is -2.21. The molecule has 0 saturated heterocycles. The molecule has 1 unspecified atom stereocenters. The number of Topliss-reactive ketones (excluding diaryl/α,β-unsaturated/α-hetero) is 1. The number of ether oxygens (including phenoxy) is 1. The van der Waals surface area contributed by atoms with Gasteiger partial charge in [0, 0.05) is 5.92 Å². The summed E-state index contributed by atoms with van der Waals surface area (Å²) in [5, 5.41) is 0. The molecule has 0 N–H and O–H groups in total. The molecular weight excluding hydrogens is 262 g/mol. The van der Waals surface area contributed by atoms with Crippen LogP contribution in [0.5, 0.6) is 5.75 Å². The first-order valence-electron chi connectivity index (χ1n) is 7.19. The van der Waals surface area contributed by atoms with E-state index >= 15 is 0 Å². The van der Waals surface area contributed by atoms with E-state index in [1.807, 2.05) is 6.92 Å². The number of unbranched alkanes of at least 4 members (excludes halogenated alkanes) is 2. The molecule has 112 valence electrons. The molecular formula is C16H22F2O2. The lowest BCUT2D eigenvalue weighted by Crippen LogP contribution is -2.21. The maximum atomic E-state index is 13.4. The second-order valence-electron chi connectivity index (χ2n) is 4.91. The predicted molar refractivity (Wildman–Crippen MR) is 74.8 cm³/mol. The van der Waals surface area contributed by atoms with Crippen LogP contribution in [0.25, 0.3) is 0 Å². The Morgan fingerprint density at radius 1 is 1.20 bits per heavy atom. The van der Waals surface area contributed by atoms with Crippen molar-refractivity contribution in [1.82, 2.24) is 0 Å². The molecule has 0 aliphatic carbocycles. The summed E-state index contributed by atoms with van der Waals surface area (Å²) < 4.78 is 31.7. The van der Waals surface area contributed by atoms with E-state index < -0.39 is 17.4 Å². The van der Waals surface area contributed by atoms with Gasteiger partial charge in [-0.25, -0.2) is 8.78 Å². The lowest BCUT2D eigenvalue weighted by Gasteiger charge is -2.14. The zero-order chi connectivity index (χ0) is 15.0. The lowest BCUT2D eigenvalue weighted by molar-refractivity contribution is -0.125. The van der Waals surface area contributed by atoms with Gasteiger partial charge in [-0.2, -0.15) is 0 Å². The van der Waals surface area contributed by atoms with Crippen molar-refractivity contribution >= 4 is 5.78 Å². The van der Waals surface area contributed by atoms with Crippen molar-refractivity contribution in [3.8, 4) is 5.75 Å². The second-order valence-corrected chi connectivity index (χ2v) is 4.91. The van der Waals surface area contributed by atoms with Gasteiger partial charge in [-0.15, -0.1) is 0 Å². The largest absolute Gasteiger partial charge is 0.480 e. The third kappa shape index (κ3) is 4.91. The maximum Gasteiger partial charge on any atom is 0.191 e. The molecule has 2 nitrogen and oxygen atoms in total. The molecule has 0 bridgehead atoms. The van der Waals surface area contributed by atoms with Crippen LogP contribution >= 0.6 is 0 Å². The smallest absolute Gasteiger partial charge is 0.191 e. The van der Waals surface area contributed by atoms with Crippen LogP contribution in [0.15, 0.2) is 18.2 Å². The number of ketones is 1. The Morgan fingerprint density at radius 3 is 2.40 bits per heavy atom. The molecule has 0 spiro atoms. The Hall–Kier alpha value is -1.45. The number of hydrogen-bond acceptors (Lipinski definition) is 2. The number of para-hydroxylation sites is 1. The molecule has 1 aromatic rings. The summed E-state index contributed by atoms with van der Waals surface area (Å²) in [6.07, 6.45) is 4.72. The third-order valence-corrected chi connectivity index (χ3v) is 3.38. The molecule has 0 aliphatic rings. The van der Waals surface area contributed by atoms with Gasteiger partial charge in [0.2, 0.25) is 0 Å². The average molecular weight is 284 g/mol. The first-order valence-corrected chi connectivity index (χ1v) is 7.19. The van der Waals surface area contributed by atoms with E-state index in [0.717, 1.165) is 44.2 Å². The molecule has 4 heteroatoms. The van der Waals surface area contributed by atoms with Gasteiger partial charge in [-0.1, -0.05) is 39.2 Å². The van der Waals surface area contributed by atoms with E-state index in [4.69, 9.17) is 4.74 Å². The fourth-order valence-corrected chi connectivity index (χ4v) is 2.12. The van der Waals surface area contributed by atoms with Crippen LogP contribution in [0.3, 0.4) is 0 Å². The van der Waals surface area contributed by atoms with E-state index in [9.17, 15) is 13.6 Å². The summed E-state index contributed by atoms with van der Waals surface area (Å²) in [5.41, 5.74) is 0. The summed E-state index contributed by atoms with van der Waals surface area (Å²) in [4.78, 5) is 12.0. The van der Waals surface area contributed by atoms with Crippen molar-refractivity contribution < 1.29 is 18.3 Å². The van der Waals surface area contributed by atoms with Crippen LogP contribution < -0.4 is 4.74 Å². The first kappa shape index (κ1) is 16.6. The Morgan fingerprint density at radius 2 is 1.85 bits per heavy atom. The van der Waals surface area contributed by atoms with Gasteiger partial charge in [-0.3, -0.25) is 4.79 Å². The minimum atomic E-state index is -0.781. The molecule has 0 fully saturated rings. The Labute approximate surface area is 119 Å². The number of carbonyl (C=O) groups is 1. The van der Waals surface area contributed by atoms with E-state index in [0.29, 0.717) is 0 Å². The SMILES string of the molecule is CCCCCC(CC)C(=O)COc1c(F)cccc1F. The van der Waals surface area contributed by atoms with Gasteiger partial charge in [-0.05, 0) is 25.0 Å². The summed E-state index contributed by atoms with van der Waals surface area (Å²) >= 11 is 0. The van der Waals surface area contributed by atoms with Gasteiger partial charge in [0.15, 0.2) is 23.2 Å². The Balaban J connectivity index is 2.52. The van der Waals surface area contributed by atoms with E-state index in [2.05, 4.69) is 6.92 Å². The quantitative estimate of drug-likeness (QED) is 0.623. The zero-order valence-electron chi connectivity index (χ0n) is 12.1. The molecule has 0 aromatic heterocycles. The minimum absolute atomic E-state index is 0.0867. The van der Waals surface area contributed by atoms with Crippen LogP contribution in [-0.2, 0) is 4.79 Å². The molecule has 0 aliphatic heterocycles. The van der Waals surface area contributed by atoms with Gasteiger partial charge in [0.1, 0.15) is 6.61 Å². The number of rotatable bonds is 9. The van der Waals surface area contributed by atoms with Crippen LogP contribution in [0.1, 0.15) is 46.0 Å². The summed E-state index contributed by atoms with van der Waals surface area (Å²) in [6, 6.07) is 3.49. The number of carbonyl (C=O) groups excluding carboxylic acids is 1. The third-order valence-electron chi connectivity index (χ3n) is 3.38. The highest BCUT2D eigenvalue weighted by Crippen LogP contribution is 2.22. The topological polar surface area (TPSA) is 26.3 Å². The van der Waals surface area contributed by atoms with Crippen molar-refractivity contribution in [3.05, 3.63) is 29.8 Å².